The fourth-order valence-corrected chi connectivity index (χ4v) is 3.32. The molecule has 3 aromatic carbocycles. The van der Waals surface area contributed by atoms with E-state index in [0.717, 1.165) is 16.7 Å². The van der Waals surface area contributed by atoms with Crippen LogP contribution in [0, 0.1) is 6.92 Å². The number of benzene rings is 3. The summed E-state index contributed by atoms with van der Waals surface area (Å²) in [6.07, 6.45) is 1.79. The fourth-order valence-electron chi connectivity index (χ4n) is 3.13. The molecule has 0 saturated carbocycles. The van der Waals surface area contributed by atoms with E-state index in [-0.39, 0.29) is 5.91 Å². The van der Waals surface area contributed by atoms with Crippen LogP contribution < -0.4 is 5.32 Å². The molecule has 0 spiro atoms. The Bertz CT molecular complexity index is 1130. The SMILES string of the molecule is Cc1ccc(-c2nn(Cc3ccccc3)cc2C(=O)Nc2cccc(Cl)c2)cc1. The Morgan fingerprint density at radius 3 is 2.48 bits per heavy atom. The van der Waals surface area contributed by atoms with Gasteiger partial charge in [-0.3, -0.25) is 9.48 Å². The summed E-state index contributed by atoms with van der Waals surface area (Å²) < 4.78 is 1.80. The molecular formula is C24H20ClN3O. The summed E-state index contributed by atoms with van der Waals surface area (Å²) in [5.74, 6) is -0.220. The Morgan fingerprint density at radius 2 is 1.76 bits per heavy atom. The second kappa shape index (κ2) is 8.33. The highest BCUT2D eigenvalue weighted by molar-refractivity contribution is 6.31. The summed E-state index contributed by atoms with van der Waals surface area (Å²) >= 11 is 6.04. The van der Waals surface area contributed by atoms with E-state index in [1.54, 1.807) is 29.1 Å². The van der Waals surface area contributed by atoms with E-state index < -0.39 is 0 Å². The Balaban J connectivity index is 1.69. The molecule has 0 aliphatic carbocycles. The monoisotopic (exact) mass is 401 g/mol. The first-order chi connectivity index (χ1) is 14.1. The molecule has 1 heterocycles. The number of carbonyl (C=O) groups excluding carboxylic acids is 1. The largest absolute Gasteiger partial charge is 0.322 e. The van der Waals surface area contributed by atoms with Crippen molar-refractivity contribution in [3.05, 3.63) is 107 Å². The van der Waals surface area contributed by atoms with Crippen molar-refractivity contribution >= 4 is 23.2 Å². The molecule has 29 heavy (non-hydrogen) atoms. The van der Waals surface area contributed by atoms with Gasteiger partial charge in [0.1, 0.15) is 5.69 Å². The first-order valence-corrected chi connectivity index (χ1v) is 9.71. The molecule has 0 fully saturated rings. The minimum Gasteiger partial charge on any atom is -0.322 e. The van der Waals surface area contributed by atoms with Crippen molar-refractivity contribution in [3.8, 4) is 11.3 Å². The molecule has 5 heteroatoms. The van der Waals surface area contributed by atoms with E-state index >= 15 is 0 Å². The van der Waals surface area contributed by atoms with Crippen molar-refractivity contribution in [3.63, 3.8) is 0 Å². The summed E-state index contributed by atoms with van der Waals surface area (Å²) in [6.45, 7) is 2.62. The minimum absolute atomic E-state index is 0.220. The van der Waals surface area contributed by atoms with E-state index in [1.165, 1.54) is 0 Å². The van der Waals surface area contributed by atoms with Crippen molar-refractivity contribution in [1.82, 2.24) is 9.78 Å². The van der Waals surface area contributed by atoms with Crippen LogP contribution in [0.3, 0.4) is 0 Å². The Hall–Kier alpha value is -3.37. The number of nitrogens with zero attached hydrogens (tertiary/aromatic N) is 2. The minimum atomic E-state index is -0.220. The van der Waals surface area contributed by atoms with Gasteiger partial charge in [0.25, 0.3) is 5.91 Å². The number of aromatic nitrogens is 2. The lowest BCUT2D eigenvalue weighted by atomic mass is 10.1. The van der Waals surface area contributed by atoms with Crippen LogP contribution in [0.1, 0.15) is 21.5 Å². The maximum Gasteiger partial charge on any atom is 0.259 e. The highest BCUT2D eigenvalue weighted by Crippen LogP contribution is 2.25. The topological polar surface area (TPSA) is 46.9 Å². The third kappa shape index (κ3) is 4.55. The van der Waals surface area contributed by atoms with Gasteiger partial charge in [0.2, 0.25) is 0 Å². The standard InChI is InChI=1S/C24H20ClN3O/c1-17-10-12-19(13-11-17)23-22(24(29)26-21-9-5-8-20(25)14-21)16-28(27-23)15-18-6-3-2-4-7-18/h2-14,16H,15H2,1H3,(H,26,29). The molecule has 4 nitrogen and oxygen atoms in total. The van der Waals surface area contributed by atoms with E-state index in [4.69, 9.17) is 16.7 Å². The third-order valence-corrected chi connectivity index (χ3v) is 4.84. The van der Waals surface area contributed by atoms with Crippen LogP contribution in [0.15, 0.2) is 85.1 Å². The second-order valence-corrected chi connectivity index (χ2v) is 7.34. The number of anilines is 1. The van der Waals surface area contributed by atoms with E-state index in [1.807, 2.05) is 67.6 Å². The van der Waals surface area contributed by atoms with Crippen LogP contribution in [0.2, 0.25) is 5.02 Å². The first-order valence-electron chi connectivity index (χ1n) is 9.34. The molecule has 1 aromatic heterocycles. The van der Waals surface area contributed by atoms with E-state index in [9.17, 15) is 4.79 Å². The Kier molecular flexibility index (Phi) is 5.45. The normalized spacial score (nSPS) is 10.7. The van der Waals surface area contributed by atoms with Crippen molar-refractivity contribution in [1.29, 1.82) is 0 Å². The van der Waals surface area contributed by atoms with Crippen molar-refractivity contribution in [2.75, 3.05) is 5.32 Å². The Labute approximate surface area is 174 Å². The predicted octanol–water partition coefficient (Wildman–Crippen LogP) is 5.81. The lowest BCUT2D eigenvalue weighted by Crippen LogP contribution is -2.12. The van der Waals surface area contributed by atoms with Crippen molar-refractivity contribution in [2.24, 2.45) is 0 Å². The van der Waals surface area contributed by atoms with Gasteiger partial charge in [0.15, 0.2) is 0 Å². The maximum absolute atomic E-state index is 13.0. The summed E-state index contributed by atoms with van der Waals surface area (Å²) in [5, 5.41) is 8.21. The molecular weight excluding hydrogens is 382 g/mol. The molecule has 1 N–H and O–H groups in total. The van der Waals surface area contributed by atoms with Crippen LogP contribution >= 0.6 is 11.6 Å². The second-order valence-electron chi connectivity index (χ2n) is 6.91. The van der Waals surface area contributed by atoms with Gasteiger partial charge in [0.05, 0.1) is 12.1 Å². The summed E-state index contributed by atoms with van der Waals surface area (Å²) in [4.78, 5) is 13.0. The molecule has 4 rings (SSSR count). The number of nitrogens with one attached hydrogen (secondary N) is 1. The third-order valence-electron chi connectivity index (χ3n) is 4.60. The number of carbonyl (C=O) groups is 1. The average Bonchev–Trinajstić information content (AvgIpc) is 3.13. The molecule has 0 bridgehead atoms. The molecule has 0 aliphatic heterocycles. The molecule has 0 aliphatic rings. The van der Waals surface area contributed by atoms with Gasteiger partial charge in [-0.05, 0) is 30.7 Å². The summed E-state index contributed by atoms with van der Waals surface area (Å²) in [7, 11) is 0. The average molecular weight is 402 g/mol. The summed E-state index contributed by atoms with van der Waals surface area (Å²) in [5.41, 5.74) is 4.99. The highest BCUT2D eigenvalue weighted by Gasteiger charge is 2.18. The lowest BCUT2D eigenvalue weighted by molar-refractivity contribution is 0.102. The predicted molar refractivity (Wildman–Crippen MR) is 117 cm³/mol. The quantitative estimate of drug-likeness (QED) is 0.458. The van der Waals surface area contributed by atoms with Gasteiger partial charge in [-0.2, -0.15) is 5.10 Å². The van der Waals surface area contributed by atoms with Gasteiger partial charge in [-0.1, -0.05) is 77.8 Å². The smallest absolute Gasteiger partial charge is 0.259 e. The zero-order valence-corrected chi connectivity index (χ0v) is 16.7. The van der Waals surface area contributed by atoms with Gasteiger partial charge in [-0.25, -0.2) is 0 Å². The molecule has 0 atom stereocenters. The Morgan fingerprint density at radius 1 is 1.00 bits per heavy atom. The van der Waals surface area contributed by atoms with Crippen LogP contribution in [0.4, 0.5) is 5.69 Å². The van der Waals surface area contributed by atoms with Crippen LogP contribution in [-0.4, -0.2) is 15.7 Å². The molecule has 0 unspecified atom stereocenters. The van der Waals surface area contributed by atoms with Crippen LogP contribution in [-0.2, 0) is 6.54 Å². The molecule has 0 radical (unpaired) electrons. The zero-order valence-electron chi connectivity index (χ0n) is 16.0. The lowest BCUT2D eigenvalue weighted by Gasteiger charge is -2.06. The highest BCUT2D eigenvalue weighted by atomic mass is 35.5. The van der Waals surface area contributed by atoms with Gasteiger partial charge in [0, 0.05) is 22.5 Å². The molecule has 4 aromatic rings. The first kappa shape index (κ1) is 19.0. The summed E-state index contributed by atoms with van der Waals surface area (Å²) in [6, 6.07) is 25.2. The van der Waals surface area contributed by atoms with Crippen LogP contribution in [0.25, 0.3) is 11.3 Å². The number of amides is 1. The fraction of sp³-hybridized carbons (Fsp3) is 0.0833. The number of hydrogen-bond acceptors (Lipinski definition) is 2. The zero-order chi connectivity index (χ0) is 20.2. The molecule has 1 amide bonds. The van der Waals surface area contributed by atoms with Gasteiger partial charge < -0.3 is 5.32 Å². The van der Waals surface area contributed by atoms with E-state index in [0.29, 0.717) is 28.5 Å². The maximum atomic E-state index is 13.0. The number of rotatable bonds is 5. The van der Waals surface area contributed by atoms with Crippen LogP contribution in [0.5, 0.6) is 0 Å². The van der Waals surface area contributed by atoms with E-state index in [2.05, 4.69) is 5.32 Å². The number of aryl methyl sites for hydroxylation is 1. The van der Waals surface area contributed by atoms with Crippen molar-refractivity contribution < 1.29 is 4.79 Å². The number of halogens is 1. The van der Waals surface area contributed by atoms with Crippen molar-refractivity contribution in [2.45, 2.75) is 13.5 Å². The molecule has 144 valence electrons. The van der Waals surface area contributed by atoms with Gasteiger partial charge in [-0.15, -0.1) is 0 Å². The van der Waals surface area contributed by atoms with Gasteiger partial charge >= 0.3 is 0 Å². The number of hydrogen-bond donors (Lipinski definition) is 1. The molecule has 0 saturated heterocycles.